The van der Waals surface area contributed by atoms with Crippen molar-refractivity contribution in [1.29, 1.82) is 0 Å². The molecule has 5 nitrogen and oxygen atoms in total. The molecule has 0 radical (unpaired) electrons. The summed E-state index contributed by atoms with van der Waals surface area (Å²) in [7, 11) is -4.24. The highest BCUT2D eigenvalue weighted by Crippen LogP contribution is 2.17. The predicted octanol–water partition coefficient (Wildman–Crippen LogP) is 8.83. The molecule has 200 valence electrons. The molecule has 0 amide bonds. The van der Waals surface area contributed by atoms with Crippen LogP contribution in [0, 0.1) is 0 Å². The van der Waals surface area contributed by atoms with Gasteiger partial charge in [0.2, 0.25) is 0 Å². The molecule has 0 saturated carbocycles. The van der Waals surface area contributed by atoms with Gasteiger partial charge in [0.25, 0.3) is 10.1 Å². The van der Waals surface area contributed by atoms with E-state index in [0.29, 0.717) is 0 Å². The van der Waals surface area contributed by atoms with E-state index in [1.807, 2.05) is 12.2 Å². The van der Waals surface area contributed by atoms with Crippen LogP contribution in [0.25, 0.3) is 0 Å². The van der Waals surface area contributed by atoms with E-state index in [-0.39, 0.29) is 17.1 Å². The summed E-state index contributed by atoms with van der Waals surface area (Å²) in [6, 6.07) is 5.10. The van der Waals surface area contributed by atoms with Crippen molar-refractivity contribution < 1.29 is 22.5 Å². The Morgan fingerprint density at radius 1 is 0.714 bits per heavy atom. The number of benzene rings is 1. The summed E-state index contributed by atoms with van der Waals surface area (Å²) in [6.07, 6.45) is 28.2. The second-order valence-corrected chi connectivity index (χ2v) is 11.0. The van der Waals surface area contributed by atoms with Crippen molar-refractivity contribution in [2.24, 2.45) is 0 Å². The first-order valence-electron chi connectivity index (χ1n) is 13.9. The molecule has 0 aliphatic heterocycles. The van der Waals surface area contributed by atoms with E-state index in [1.165, 1.54) is 127 Å². The van der Waals surface area contributed by atoms with Crippen LogP contribution in [0.2, 0.25) is 0 Å². The molecule has 0 spiro atoms. The third kappa shape index (κ3) is 18.3. The zero-order valence-corrected chi connectivity index (χ0v) is 22.7. The SMILES string of the molecule is CCCCCCCCCCCCCCCCCCCC=CCC(=O)Oc1ccc(S(=O)(=O)O)cc1. The van der Waals surface area contributed by atoms with Crippen LogP contribution in [-0.4, -0.2) is 18.9 Å². The van der Waals surface area contributed by atoms with E-state index in [4.69, 9.17) is 9.29 Å². The summed E-state index contributed by atoms with van der Waals surface area (Å²) in [5, 5.41) is 0. The minimum absolute atomic E-state index is 0.180. The van der Waals surface area contributed by atoms with Crippen LogP contribution in [-0.2, 0) is 14.9 Å². The normalized spacial score (nSPS) is 11.8. The summed E-state index contributed by atoms with van der Waals surface area (Å²) in [4.78, 5) is 11.6. The standard InChI is InChI=1S/C29H48O5S/c1-2-3-4-5-6-7-8-9-10-11-12-13-14-15-16-17-18-19-20-21-22-29(30)34-27-23-25-28(26-24-27)35(31,32)33/h20-21,23-26H,2-19,22H2,1H3,(H,31,32,33). The molecular formula is C29H48O5S. The number of allylic oxidation sites excluding steroid dienone is 1. The molecule has 0 aliphatic rings. The number of ether oxygens (including phenoxy) is 1. The van der Waals surface area contributed by atoms with E-state index < -0.39 is 16.1 Å². The lowest BCUT2D eigenvalue weighted by Crippen LogP contribution is -2.06. The molecule has 1 aromatic carbocycles. The first-order chi connectivity index (χ1) is 16.9. The monoisotopic (exact) mass is 508 g/mol. The van der Waals surface area contributed by atoms with Gasteiger partial charge in [0.05, 0.1) is 11.3 Å². The van der Waals surface area contributed by atoms with Crippen LogP contribution < -0.4 is 4.74 Å². The highest BCUT2D eigenvalue weighted by molar-refractivity contribution is 7.85. The minimum atomic E-state index is -4.24. The van der Waals surface area contributed by atoms with E-state index in [2.05, 4.69) is 6.92 Å². The molecule has 0 aliphatic carbocycles. The second-order valence-electron chi connectivity index (χ2n) is 9.54. The molecule has 0 saturated heterocycles. The first kappa shape index (κ1) is 31.4. The van der Waals surface area contributed by atoms with Crippen LogP contribution in [0.5, 0.6) is 5.75 Å². The van der Waals surface area contributed by atoms with E-state index >= 15 is 0 Å². The Kier molecular flexibility index (Phi) is 18.4. The molecule has 1 N–H and O–H groups in total. The molecular weight excluding hydrogens is 460 g/mol. The lowest BCUT2D eigenvalue weighted by molar-refractivity contribution is -0.133. The van der Waals surface area contributed by atoms with Crippen molar-refractivity contribution >= 4 is 16.1 Å². The van der Waals surface area contributed by atoms with Crippen LogP contribution in [0.1, 0.15) is 129 Å². The quantitative estimate of drug-likeness (QED) is 0.0556. The average Bonchev–Trinajstić information content (AvgIpc) is 2.82. The topological polar surface area (TPSA) is 80.7 Å². The lowest BCUT2D eigenvalue weighted by Gasteiger charge is -2.04. The van der Waals surface area contributed by atoms with Crippen molar-refractivity contribution in [3.8, 4) is 5.75 Å². The van der Waals surface area contributed by atoms with Gasteiger partial charge in [-0.3, -0.25) is 9.35 Å². The molecule has 0 aromatic heterocycles. The fourth-order valence-electron chi connectivity index (χ4n) is 4.14. The Morgan fingerprint density at radius 2 is 1.14 bits per heavy atom. The van der Waals surface area contributed by atoms with Crippen molar-refractivity contribution in [1.82, 2.24) is 0 Å². The minimum Gasteiger partial charge on any atom is -0.426 e. The summed E-state index contributed by atoms with van der Waals surface area (Å²) in [5.41, 5.74) is 0. The maximum atomic E-state index is 11.8. The Morgan fingerprint density at radius 3 is 1.57 bits per heavy atom. The highest BCUT2D eigenvalue weighted by atomic mass is 32.2. The van der Waals surface area contributed by atoms with Gasteiger partial charge in [-0.25, -0.2) is 0 Å². The van der Waals surface area contributed by atoms with Gasteiger partial charge in [-0.2, -0.15) is 8.42 Å². The van der Waals surface area contributed by atoms with Crippen molar-refractivity contribution in [2.75, 3.05) is 0 Å². The van der Waals surface area contributed by atoms with Gasteiger partial charge < -0.3 is 4.74 Å². The molecule has 0 bridgehead atoms. The summed E-state index contributed by atoms with van der Waals surface area (Å²) in [6.45, 7) is 2.27. The predicted molar refractivity (Wildman–Crippen MR) is 144 cm³/mol. The van der Waals surface area contributed by atoms with Gasteiger partial charge in [0, 0.05) is 0 Å². The summed E-state index contributed by atoms with van der Waals surface area (Å²) in [5.74, 6) is -0.146. The average molecular weight is 509 g/mol. The molecule has 0 fully saturated rings. The number of esters is 1. The highest BCUT2D eigenvalue weighted by Gasteiger charge is 2.10. The zero-order chi connectivity index (χ0) is 25.6. The number of carbonyl (C=O) groups excluding carboxylic acids is 1. The number of hydrogen-bond acceptors (Lipinski definition) is 4. The molecule has 0 unspecified atom stereocenters. The molecule has 1 aromatic rings. The maximum Gasteiger partial charge on any atom is 0.315 e. The Bertz CT molecular complexity index is 784. The Labute approximate surface area is 214 Å². The van der Waals surface area contributed by atoms with E-state index in [1.54, 1.807) is 0 Å². The first-order valence-corrected chi connectivity index (χ1v) is 15.3. The third-order valence-corrected chi connectivity index (χ3v) is 7.15. The molecule has 1 rings (SSSR count). The molecule has 0 heterocycles. The maximum absolute atomic E-state index is 11.8. The summed E-state index contributed by atoms with van der Waals surface area (Å²) < 4.78 is 36.1. The van der Waals surface area contributed by atoms with Crippen LogP contribution in [0.3, 0.4) is 0 Å². The number of rotatable bonds is 22. The lowest BCUT2D eigenvalue weighted by atomic mass is 10.0. The van der Waals surface area contributed by atoms with Crippen molar-refractivity contribution in [3.63, 3.8) is 0 Å². The van der Waals surface area contributed by atoms with Crippen LogP contribution >= 0.6 is 0 Å². The van der Waals surface area contributed by atoms with E-state index in [9.17, 15) is 13.2 Å². The van der Waals surface area contributed by atoms with Crippen molar-refractivity contribution in [2.45, 2.75) is 134 Å². The smallest absolute Gasteiger partial charge is 0.315 e. The van der Waals surface area contributed by atoms with Crippen molar-refractivity contribution in [3.05, 3.63) is 36.4 Å². The fourth-order valence-corrected chi connectivity index (χ4v) is 4.62. The van der Waals surface area contributed by atoms with Gasteiger partial charge in [-0.1, -0.05) is 122 Å². The summed E-state index contributed by atoms with van der Waals surface area (Å²) >= 11 is 0. The Balaban J connectivity index is 1.87. The van der Waals surface area contributed by atoms with Gasteiger partial charge in [-0.15, -0.1) is 0 Å². The third-order valence-electron chi connectivity index (χ3n) is 6.28. The van der Waals surface area contributed by atoms with Gasteiger partial charge >= 0.3 is 5.97 Å². The molecule has 35 heavy (non-hydrogen) atoms. The van der Waals surface area contributed by atoms with Crippen LogP contribution in [0.15, 0.2) is 41.3 Å². The number of hydrogen-bond donors (Lipinski definition) is 1. The fraction of sp³-hybridized carbons (Fsp3) is 0.690. The molecule has 0 atom stereocenters. The Hall–Kier alpha value is -1.66. The number of carbonyl (C=O) groups is 1. The zero-order valence-electron chi connectivity index (χ0n) is 21.9. The van der Waals surface area contributed by atoms with Gasteiger partial charge in [0.15, 0.2) is 0 Å². The largest absolute Gasteiger partial charge is 0.426 e. The molecule has 6 heteroatoms. The second kappa shape index (κ2) is 20.5. The van der Waals surface area contributed by atoms with E-state index in [0.717, 1.165) is 12.8 Å². The number of unbranched alkanes of at least 4 members (excludes halogenated alkanes) is 17. The van der Waals surface area contributed by atoms with Crippen LogP contribution in [0.4, 0.5) is 0 Å². The van der Waals surface area contributed by atoms with Gasteiger partial charge in [0.1, 0.15) is 5.75 Å². The van der Waals surface area contributed by atoms with Gasteiger partial charge in [-0.05, 0) is 37.1 Å².